The second-order valence-electron chi connectivity index (χ2n) is 5.86. The molecule has 0 aromatic carbocycles. The molecule has 2 N–H and O–H groups in total. The molecule has 5 heteroatoms. The zero-order chi connectivity index (χ0) is 15.1. The Balaban J connectivity index is 3.94. The standard InChI is InChI=1S/C14H28N2O3/c1-13(2,11(17)15-5)9-7-8-10-19-14(3,4)12(18)16-6/h7-10H2,1-6H3,(H,15,17)(H,16,18). The predicted octanol–water partition coefficient (Wildman–Crippen LogP) is 1.47. The van der Waals surface area contributed by atoms with Gasteiger partial charge in [-0.15, -0.1) is 0 Å². The van der Waals surface area contributed by atoms with Crippen LogP contribution in [0.15, 0.2) is 0 Å². The highest BCUT2D eigenvalue weighted by atomic mass is 16.5. The van der Waals surface area contributed by atoms with Crippen LogP contribution in [0.4, 0.5) is 0 Å². The fraction of sp³-hybridized carbons (Fsp3) is 0.857. The van der Waals surface area contributed by atoms with Gasteiger partial charge in [0.05, 0.1) is 0 Å². The number of unbranched alkanes of at least 4 members (excludes halogenated alkanes) is 1. The minimum absolute atomic E-state index is 0.0547. The molecule has 0 rings (SSSR count). The maximum atomic E-state index is 11.6. The van der Waals surface area contributed by atoms with E-state index in [0.717, 1.165) is 19.3 Å². The van der Waals surface area contributed by atoms with E-state index >= 15 is 0 Å². The first kappa shape index (κ1) is 17.9. The van der Waals surface area contributed by atoms with Gasteiger partial charge in [-0.05, 0) is 26.7 Å². The van der Waals surface area contributed by atoms with Crippen molar-refractivity contribution >= 4 is 11.8 Å². The molecule has 0 spiro atoms. The highest BCUT2D eigenvalue weighted by Crippen LogP contribution is 2.23. The Hall–Kier alpha value is -1.10. The predicted molar refractivity (Wildman–Crippen MR) is 75.8 cm³/mol. The van der Waals surface area contributed by atoms with E-state index in [0.29, 0.717) is 6.61 Å². The Morgan fingerprint density at radius 1 is 0.947 bits per heavy atom. The fourth-order valence-corrected chi connectivity index (χ4v) is 1.81. The molecule has 0 heterocycles. The van der Waals surface area contributed by atoms with Crippen molar-refractivity contribution in [3.05, 3.63) is 0 Å². The Kier molecular flexibility index (Phi) is 7.05. The molecule has 0 radical (unpaired) electrons. The summed E-state index contributed by atoms with van der Waals surface area (Å²) in [5.41, 5.74) is -1.16. The first-order chi connectivity index (χ1) is 8.67. The van der Waals surface area contributed by atoms with Crippen LogP contribution < -0.4 is 10.6 Å². The molecule has 0 saturated carbocycles. The maximum absolute atomic E-state index is 11.6. The number of carbonyl (C=O) groups excluding carboxylic acids is 2. The van der Waals surface area contributed by atoms with Crippen LogP contribution in [-0.4, -0.2) is 38.1 Å². The van der Waals surface area contributed by atoms with Crippen molar-refractivity contribution < 1.29 is 14.3 Å². The largest absolute Gasteiger partial charge is 0.366 e. The zero-order valence-corrected chi connectivity index (χ0v) is 13.1. The summed E-state index contributed by atoms with van der Waals surface area (Å²) in [5, 5.41) is 5.25. The minimum atomic E-state index is -0.801. The number of ether oxygens (including phenoxy) is 1. The average molecular weight is 272 g/mol. The van der Waals surface area contributed by atoms with Gasteiger partial charge in [0.1, 0.15) is 5.60 Å². The van der Waals surface area contributed by atoms with Crippen LogP contribution in [0.5, 0.6) is 0 Å². The molecule has 0 aliphatic carbocycles. The van der Waals surface area contributed by atoms with Crippen molar-refractivity contribution in [2.24, 2.45) is 5.41 Å². The van der Waals surface area contributed by atoms with E-state index in [1.54, 1.807) is 27.9 Å². The van der Waals surface area contributed by atoms with Crippen LogP contribution in [0.2, 0.25) is 0 Å². The van der Waals surface area contributed by atoms with E-state index in [1.165, 1.54) is 0 Å². The lowest BCUT2D eigenvalue weighted by molar-refractivity contribution is -0.142. The smallest absolute Gasteiger partial charge is 0.251 e. The molecular formula is C14H28N2O3. The summed E-state index contributed by atoms with van der Waals surface area (Å²) in [6.07, 6.45) is 2.53. The van der Waals surface area contributed by atoms with E-state index in [-0.39, 0.29) is 17.2 Å². The SMILES string of the molecule is CNC(=O)C(C)(C)CCCCOC(C)(C)C(=O)NC. The minimum Gasteiger partial charge on any atom is -0.366 e. The van der Waals surface area contributed by atoms with Gasteiger partial charge in [0.2, 0.25) is 5.91 Å². The molecule has 19 heavy (non-hydrogen) atoms. The van der Waals surface area contributed by atoms with E-state index in [4.69, 9.17) is 4.74 Å². The number of amides is 2. The summed E-state index contributed by atoms with van der Waals surface area (Å²) < 4.78 is 5.57. The number of likely N-dealkylation sites (N-methyl/N-ethyl adjacent to an activating group) is 1. The van der Waals surface area contributed by atoms with E-state index < -0.39 is 5.60 Å². The Morgan fingerprint density at radius 2 is 1.47 bits per heavy atom. The molecule has 5 nitrogen and oxygen atoms in total. The molecule has 112 valence electrons. The average Bonchev–Trinajstić information content (AvgIpc) is 2.35. The molecule has 0 saturated heterocycles. The van der Waals surface area contributed by atoms with Crippen molar-refractivity contribution in [3.8, 4) is 0 Å². The monoisotopic (exact) mass is 272 g/mol. The second-order valence-corrected chi connectivity index (χ2v) is 5.86. The lowest BCUT2D eigenvalue weighted by atomic mass is 9.86. The maximum Gasteiger partial charge on any atom is 0.251 e. The number of hydrogen-bond acceptors (Lipinski definition) is 3. The normalized spacial score (nSPS) is 12.1. The Labute approximate surface area is 116 Å². The quantitative estimate of drug-likeness (QED) is 0.658. The highest BCUT2D eigenvalue weighted by molar-refractivity contribution is 5.84. The van der Waals surface area contributed by atoms with Gasteiger partial charge in [-0.1, -0.05) is 20.3 Å². The summed E-state index contributed by atoms with van der Waals surface area (Å²) in [6.45, 7) is 7.88. The van der Waals surface area contributed by atoms with E-state index in [9.17, 15) is 9.59 Å². The molecule has 0 aliphatic heterocycles. The van der Waals surface area contributed by atoms with E-state index in [1.807, 2.05) is 13.8 Å². The Bertz CT molecular complexity index is 282. The molecule has 0 atom stereocenters. The molecule has 0 aliphatic rings. The van der Waals surface area contributed by atoms with Crippen LogP contribution in [-0.2, 0) is 14.3 Å². The molecule has 2 amide bonds. The number of carbonyl (C=O) groups is 2. The van der Waals surface area contributed by atoms with Crippen molar-refractivity contribution in [2.45, 2.75) is 52.6 Å². The van der Waals surface area contributed by atoms with Gasteiger partial charge >= 0.3 is 0 Å². The van der Waals surface area contributed by atoms with Crippen molar-refractivity contribution in [1.29, 1.82) is 0 Å². The lowest BCUT2D eigenvalue weighted by Crippen LogP contribution is -2.42. The van der Waals surface area contributed by atoms with Gasteiger partial charge < -0.3 is 15.4 Å². The molecule has 0 aromatic heterocycles. The molecule has 0 fully saturated rings. The van der Waals surface area contributed by atoms with Crippen molar-refractivity contribution in [1.82, 2.24) is 10.6 Å². The number of nitrogens with one attached hydrogen (secondary N) is 2. The summed E-state index contributed by atoms with van der Waals surface area (Å²) in [5.74, 6) is -0.0719. The van der Waals surface area contributed by atoms with Gasteiger partial charge in [-0.2, -0.15) is 0 Å². The first-order valence-electron chi connectivity index (χ1n) is 6.75. The third kappa shape index (κ3) is 6.05. The van der Waals surface area contributed by atoms with Crippen LogP contribution in [0.25, 0.3) is 0 Å². The lowest BCUT2D eigenvalue weighted by Gasteiger charge is -2.24. The third-order valence-corrected chi connectivity index (χ3v) is 3.27. The summed E-state index contributed by atoms with van der Waals surface area (Å²) in [4.78, 5) is 23.1. The van der Waals surface area contributed by atoms with E-state index in [2.05, 4.69) is 10.6 Å². The highest BCUT2D eigenvalue weighted by Gasteiger charge is 2.28. The van der Waals surface area contributed by atoms with Gasteiger partial charge in [-0.25, -0.2) is 0 Å². The zero-order valence-electron chi connectivity index (χ0n) is 13.1. The first-order valence-corrected chi connectivity index (χ1v) is 6.75. The molecular weight excluding hydrogens is 244 g/mol. The topological polar surface area (TPSA) is 67.4 Å². The van der Waals surface area contributed by atoms with Crippen molar-refractivity contribution in [2.75, 3.05) is 20.7 Å². The molecule has 0 aromatic rings. The summed E-state index contributed by atoms with van der Waals surface area (Å²) >= 11 is 0. The van der Waals surface area contributed by atoms with Gasteiger partial charge in [-0.3, -0.25) is 9.59 Å². The number of rotatable bonds is 8. The number of hydrogen-bond donors (Lipinski definition) is 2. The van der Waals surface area contributed by atoms with Gasteiger partial charge in [0.15, 0.2) is 0 Å². The van der Waals surface area contributed by atoms with Gasteiger partial charge in [0.25, 0.3) is 5.91 Å². The van der Waals surface area contributed by atoms with Crippen LogP contribution >= 0.6 is 0 Å². The van der Waals surface area contributed by atoms with Crippen LogP contribution in [0.1, 0.15) is 47.0 Å². The summed E-state index contributed by atoms with van der Waals surface area (Å²) in [7, 11) is 3.25. The fourth-order valence-electron chi connectivity index (χ4n) is 1.81. The summed E-state index contributed by atoms with van der Waals surface area (Å²) in [6, 6.07) is 0. The molecule has 0 bridgehead atoms. The third-order valence-electron chi connectivity index (χ3n) is 3.27. The Morgan fingerprint density at radius 3 is 1.95 bits per heavy atom. The second kappa shape index (κ2) is 7.48. The van der Waals surface area contributed by atoms with Gasteiger partial charge in [0, 0.05) is 26.1 Å². The van der Waals surface area contributed by atoms with Crippen LogP contribution in [0, 0.1) is 5.41 Å². The van der Waals surface area contributed by atoms with Crippen molar-refractivity contribution in [3.63, 3.8) is 0 Å². The molecule has 0 unspecified atom stereocenters. The van der Waals surface area contributed by atoms with Crippen LogP contribution in [0.3, 0.4) is 0 Å².